The Morgan fingerprint density at radius 2 is 1.91 bits per heavy atom. The fourth-order valence-corrected chi connectivity index (χ4v) is 2.69. The van der Waals surface area contributed by atoms with Crippen LogP contribution in [0.2, 0.25) is 0 Å². The van der Waals surface area contributed by atoms with Crippen molar-refractivity contribution in [2.45, 2.75) is 32.7 Å². The maximum Gasteiger partial charge on any atom is 0.319 e. The first-order valence-electron chi connectivity index (χ1n) is 7.86. The van der Waals surface area contributed by atoms with Gasteiger partial charge in [-0.1, -0.05) is 12.1 Å². The SMILES string of the molecule is CC(C)NC(=O)Nc1cccc(C(=O)C2CCN(C)CC2)c1. The number of carbonyl (C=O) groups is 2. The highest BCUT2D eigenvalue weighted by molar-refractivity contribution is 5.99. The molecular formula is C17H25N3O2. The van der Waals surface area contributed by atoms with Crippen molar-refractivity contribution in [1.29, 1.82) is 0 Å². The number of carbonyl (C=O) groups excluding carboxylic acids is 2. The van der Waals surface area contributed by atoms with Gasteiger partial charge in [0.05, 0.1) is 0 Å². The monoisotopic (exact) mass is 303 g/mol. The molecule has 120 valence electrons. The van der Waals surface area contributed by atoms with Crippen molar-refractivity contribution in [3.8, 4) is 0 Å². The average Bonchev–Trinajstić information content (AvgIpc) is 2.46. The lowest BCUT2D eigenvalue weighted by molar-refractivity contribution is 0.0857. The molecule has 1 heterocycles. The van der Waals surface area contributed by atoms with E-state index in [2.05, 4.69) is 22.6 Å². The molecule has 2 N–H and O–H groups in total. The molecule has 5 heteroatoms. The Morgan fingerprint density at radius 1 is 1.23 bits per heavy atom. The molecule has 1 aromatic rings. The number of benzene rings is 1. The number of Topliss-reactive ketones (excluding diaryl/α,β-unsaturated/α-hetero) is 1. The standard InChI is InChI=1S/C17H25N3O2/c1-12(2)18-17(22)19-15-6-4-5-14(11-15)16(21)13-7-9-20(3)10-8-13/h4-6,11-13H,7-10H2,1-3H3,(H2,18,19,22). The van der Waals surface area contributed by atoms with E-state index in [0.29, 0.717) is 11.3 Å². The van der Waals surface area contributed by atoms with Gasteiger partial charge in [0.1, 0.15) is 0 Å². The number of rotatable bonds is 4. The molecule has 0 atom stereocenters. The van der Waals surface area contributed by atoms with Gasteiger partial charge in [-0.05, 0) is 59.0 Å². The number of anilines is 1. The van der Waals surface area contributed by atoms with Crippen molar-refractivity contribution in [3.05, 3.63) is 29.8 Å². The van der Waals surface area contributed by atoms with Gasteiger partial charge in [0.15, 0.2) is 5.78 Å². The van der Waals surface area contributed by atoms with Crippen molar-refractivity contribution in [2.75, 3.05) is 25.5 Å². The van der Waals surface area contributed by atoms with Crippen LogP contribution in [-0.4, -0.2) is 42.9 Å². The van der Waals surface area contributed by atoms with Crippen molar-refractivity contribution in [3.63, 3.8) is 0 Å². The minimum absolute atomic E-state index is 0.0732. The van der Waals surface area contributed by atoms with Crippen molar-refractivity contribution in [1.82, 2.24) is 10.2 Å². The van der Waals surface area contributed by atoms with E-state index >= 15 is 0 Å². The van der Waals surface area contributed by atoms with Gasteiger partial charge in [-0.15, -0.1) is 0 Å². The van der Waals surface area contributed by atoms with Crippen LogP contribution in [0, 0.1) is 5.92 Å². The number of ketones is 1. The zero-order chi connectivity index (χ0) is 16.1. The highest BCUT2D eigenvalue weighted by atomic mass is 16.2. The molecule has 0 spiro atoms. The van der Waals surface area contributed by atoms with Crippen LogP contribution in [0.1, 0.15) is 37.0 Å². The Morgan fingerprint density at radius 3 is 2.55 bits per heavy atom. The van der Waals surface area contributed by atoms with E-state index in [4.69, 9.17) is 0 Å². The molecule has 0 bridgehead atoms. The van der Waals surface area contributed by atoms with E-state index < -0.39 is 0 Å². The minimum Gasteiger partial charge on any atom is -0.336 e. The molecule has 0 radical (unpaired) electrons. The second-order valence-electron chi connectivity index (χ2n) is 6.28. The lowest BCUT2D eigenvalue weighted by Crippen LogP contribution is -2.34. The highest BCUT2D eigenvalue weighted by Gasteiger charge is 2.24. The van der Waals surface area contributed by atoms with Crippen LogP contribution < -0.4 is 10.6 Å². The third-order valence-corrected chi connectivity index (χ3v) is 3.91. The molecule has 22 heavy (non-hydrogen) atoms. The van der Waals surface area contributed by atoms with E-state index in [1.807, 2.05) is 26.0 Å². The summed E-state index contributed by atoms with van der Waals surface area (Å²) in [5.74, 6) is 0.275. The summed E-state index contributed by atoms with van der Waals surface area (Å²) in [5.41, 5.74) is 1.33. The van der Waals surface area contributed by atoms with E-state index in [1.165, 1.54) is 0 Å². The van der Waals surface area contributed by atoms with Crippen LogP contribution in [0.4, 0.5) is 10.5 Å². The summed E-state index contributed by atoms with van der Waals surface area (Å²) in [5, 5.41) is 5.54. The zero-order valence-corrected chi connectivity index (χ0v) is 13.6. The van der Waals surface area contributed by atoms with Gasteiger partial charge < -0.3 is 15.5 Å². The average molecular weight is 303 g/mol. The number of amides is 2. The van der Waals surface area contributed by atoms with Gasteiger partial charge in [-0.3, -0.25) is 4.79 Å². The third kappa shape index (κ3) is 4.56. The Labute approximate surface area is 132 Å². The van der Waals surface area contributed by atoms with Crippen LogP contribution >= 0.6 is 0 Å². The van der Waals surface area contributed by atoms with Crippen LogP contribution in [0.25, 0.3) is 0 Å². The summed E-state index contributed by atoms with van der Waals surface area (Å²) in [6.45, 7) is 5.73. The molecule has 0 aliphatic carbocycles. The maximum atomic E-state index is 12.6. The van der Waals surface area contributed by atoms with E-state index in [1.54, 1.807) is 12.1 Å². The number of piperidine rings is 1. The lowest BCUT2D eigenvalue weighted by Gasteiger charge is -2.28. The quantitative estimate of drug-likeness (QED) is 0.841. The van der Waals surface area contributed by atoms with E-state index in [-0.39, 0.29) is 23.8 Å². The highest BCUT2D eigenvalue weighted by Crippen LogP contribution is 2.22. The fourth-order valence-electron chi connectivity index (χ4n) is 2.69. The first-order chi connectivity index (χ1) is 10.5. The first kappa shape index (κ1) is 16.5. The number of nitrogens with zero attached hydrogens (tertiary/aromatic N) is 1. The summed E-state index contributed by atoms with van der Waals surface area (Å²) in [4.78, 5) is 26.6. The van der Waals surface area contributed by atoms with Gasteiger partial charge in [-0.2, -0.15) is 0 Å². The topological polar surface area (TPSA) is 61.4 Å². The molecule has 2 rings (SSSR count). The molecule has 0 aromatic heterocycles. The number of nitrogens with one attached hydrogen (secondary N) is 2. The largest absolute Gasteiger partial charge is 0.336 e. The minimum atomic E-state index is -0.251. The molecule has 5 nitrogen and oxygen atoms in total. The summed E-state index contributed by atoms with van der Waals surface area (Å²) >= 11 is 0. The normalized spacial score (nSPS) is 16.5. The summed E-state index contributed by atoms with van der Waals surface area (Å²) < 4.78 is 0. The summed E-state index contributed by atoms with van der Waals surface area (Å²) in [6, 6.07) is 7.02. The zero-order valence-electron chi connectivity index (χ0n) is 13.6. The lowest BCUT2D eigenvalue weighted by atomic mass is 9.89. The van der Waals surface area contributed by atoms with Crippen LogP contribution in [0.5, 0.6) is 0 Å². The Balaban J connectivity index is 2.01. The summed E-state index contributed by atoms with van der Waals surface area (Å²) in [7, 11) is 2.08. The molecular weight excluding hydrogens is 278 g/mol. The molecule has 2 amide bonds. The predicted molar refractivity (Wildman–Crippen MR) is 88.3 cm³/mol. The molecule has 1 aromatic carbocycles. The number of hydrogen-bond acceptors (Lipinski definition) is 3. The number of urea groups is 1. The number of hydrogen-bond donors (Lipinski definition) is 2. The Bertz CT molecular complexity index is 534. The summed E-state index contributed by atoms with van der Waals surface area (Å²) in [6.07, 6.45) is 1.81. The molecule has 1 fully saturated rings. The van der Waals surface area contributed by atoms with Crippen LogP contribution in [-0.2, 0) is 0 Å². The molecule has 1 aliphatic rings. The smallest absolute Gasteiger partial charge is 0.319 e. The van der Waals surface area contributed by atoms with Gasteiger partial charge in [0, 0.05) is 23.2 Å². The molecule has 0 saturated carbocycles. The predicted octanol–water partition coefficient (Wildman–Crippen LogP) is 2.74. The molecule has 1 saturated heterocycles. The van der Waals surface area contributed by atoms with Crippen molar-refractivity contribution >= 4 is 17.5 Å². The van der Waals surface area contributed by atoms with E-state index in [0.717, 1.165) is 25.9 Å². The van der Waals surface area contributed by atoms with Gasteiger partial charge in [0.25, 0.3) is 0 Å². The Kier molecular flexibility index (Phi) is 5.55. The van der Waals surface area contributed by atoms with Crippen LogP contribution in [0.15, 0.2) is 24.3 Å². The molecule has 1 aliphatic heterocycles. The first-order valence-corrected chi connectivity index (χ1v) is 7.86. The molecule has 0 unspecified atom stereocenters. The maximum absolute atomic E-state index is 12.6. The Hall–Kier alpha value is -1.88. The fraction of sp³-hybridized carbons (Fsp3) is 0.529. The van der Waals surface area contributed by atoms with Crippen molar-refractivity contribution in [2.24, 2.45) is 5.92 Å². The van der Waals surface area contributed by atoms with Gasteiger partial charge >= 0.3 is 6.03 Å². The second-order valence-corrected chi connectivity index (χ2v) is 6.28. The van der Waals surface area contributed by atoms with Crippen molar-refractivity contribution < 1.29 is 9.59 Å². The number of likely N-dealkylation sites (tertiary alicyclic amines) is 1. The van der Waals surface area contributed by atoms with E-state index in [9.17, 15) is 9.59 Å². The second kappa shape index (κ2) is 7.40. The third-order valence-electron chi connectivity index (χ3n) is 3.91. The van der Waals surface area contributed by atoms with Gasteiger partial charge in [-0.25, -0.2) is 4.79 Å². The van der Waals surface area contributed by atoms with Crippen LogP contribution in [0.3, 0.4) is 0 Å². The van der Waals surface area contributed by atoms with Gasteiger partial charge in [0.2, 0.25) is 0 Å².